The highest BCUT2D eigenvalue weighted by Crippen LogP contribution is 2.48. The number of piperidine rings is 1. The molecule has 2 bridgehead atoms. The van der Waals surface area contributed by atoms with Crippen molar-refractivity contribution in [3.8, 4) is 0 Å². The van der Waals surface area contributed by atoms with E-state index in [-0.39, 0.29) is 24.6 Å². The fraction of sp³-hybridized carbons (Fsp3) is 0.565. The van der Waals surface area contributed by atoms with Crippen LogP contribution in [-0.4, -0.2) is 47.9 Å². The van der Waals surface area contributed by atoms with Crippen molar-refractivity contribution in [3.63, 3.8) is 0 Å². The lowest BCUT2D eigenvalue weighted by Crippen LogP contribution is -2.54. The molecule has 0 saturated carbocycles. The van der Waals surface area contributed by atoms with Crippen LogP contribution in [0, 0.1) is 5.92 Å². The molecule has 0 N–H and O–H groups in total. The van der Waals surface area contributed by atoms with Crippen molar-refractivity contribution < 1.29 is 23.5 Å². The summed E-state index contributed by atoms with van der Waals surface area (Å²) >= 11 is 0. The molecule has 0 radical (unpaired) electrons. The molecule has 5 nitrogen and oxygen atoms in total. The molecule has 158 valence electrons. The molecule has 29 heavy (non-hydrogen) atoms. The fourth-order valence-electron chi connectivity index (χ4n) is 4.58. The molecule has 2 heterocycles. The summed E-state index contributed by atoms with van der Waals surface area (Å²) in [5, 5.41) is 0. The lowest BCUT2D eigenvalue weighted by atomic mass is 9.76. The molecule has 1 aromatic rings. The van der Waals surface area contributed by atoms with Gasteiger partial charge in [-0.25, -0.2) is 9.18 Å². The van der Waals surface area contributed by atoms with Crippen molar-refractivity contribution >= 4 is 18.1 Å². The van der Waals surface area contributed by atoms with Gasteiger partial charge in [-0.2, -0.15) is 0 Å². The van der Waals surface area contributed by atoms with Crippen LogP contribution in [0.2, 0.25) is 0 Å². The maximum atomic E-state index is 12.9. The predicted molar refractivity (Wildman–Crippen MR) is 109 cm³/mol. The van der Waals surface area contributed by atoms with Crippen LogP contribution in [0.25, 0.3) is 6.08 Å². The molecular formula is C23H30FNO4. The molecule has 0 unspecified atom stereocenters. The van der Waals surface area contributed by atoms with E-state index in [2.05, 4.69) is 6.58 Å². The summed E-state index contributed by atoms with van der Waals surface area (Å²) in [4.78, 5) is 27.5. The number of amides is 1. The second-order valence-corrected chi connectivity index (χ2v) is 8.78. The van der Waals surface area contributed by atoms with Gasteiger partial charge in [0.05, 0.1) is 5.92 Å². The first kappa shape index (κ1) is 21.3. The van der Waals surface area contributed by atoms with Crippen LogP contribution in [0.3, 0.4) is 0 Å². The SMILES string of the molecule is C=Cc1ccc([C@H]2C[C@@H]3CC[C@H]([C@H]2C(=O)OCCF)N3C(=O)OC(C)(C)C)cc1. The van der Waals surface area contributed by atoms with Gasteiger partial charge >= 0.3 is 12.1 Å². The van der Waals surface area contributed by atoms with Gasteiger partial charge in [0.25, 0.3) is 0 Å². The van der Waals surface area contributed by atoms with Gasteiger partial charge in [-0.1, -0.05) is 36.9 Å². The summed E-state index contributed by atoms with van der Waals surface area (Å²) in [6.07, 6.45) is 3.55. The largest absolute Gasteiger partial charge is 0.463 e. The number of esters is 1. The lowest BCUT2D eigenvalue weighted by Gasteiger charge is -2.43. The third-order valence-corrected chi connectivity index (χ3v) is 5.72. The minimum Gasteiger partial charge on any atom is -0.463 e. The Kier molecular flexibility index (Phi) is 6.30. The van der Waals surface area contributed by atoms with Crippen LogP contribution in [0.4, 0.5) is 9.18 Å². The fourth-order valence-corrected chi connectivity index (χ4v) is 4.58. The first-order valence-corrected chi connectivity index (χ1v) is 10.2. The number of hydrogen-bond acceptors (Lipinski definition) is 4. The van der Waals surface area contributed by atoms with Crippen LogP contribution < -0.4 is 0 Å². The second-order valence-electron chi connectivity index (χ2n) is 8.78. The standard InChI is InChI=1S/C23H30FNO4/c1-5-15-6-8-16(9-7-15)18-14-17-10-11-19(20(18)21(26)28-13-12-24)25(17)22(27)29-23(2,3)4/h5-9,17-20H,1,10-14H2,2-4H3/t17-,18+,19+,20-/m0/s1. The van der Waals surface area contributed by atoms with Crippen LogP contribution >= 0.6 is 0 Å². The van der Waals surface area contributed by atoms with E-state index in [0.717, 1.165) is 17.5 Å². The molecular weight excluding hydrogens is 373 g/mol. The molecule has 0 spiro atoms. The number of carbonyl (C=O) groups is 2. The summed E-state index contributed by atoms with van der Waals surface area (Å²) in [6, 6.07) is 7.64. The zero-order chi connectivity index (χ0) is 21.2. The Labute approximate surface area is 171 Å². The normalized spacial score (nSPS) is 26.1. The molecule has 0 aromatic heterocycles. The third kappa shape index (κ3) is 4.62. The van der Waals surface area contributed by atoms with E-state index in [1.54, 1.807) is 11.0 Å². The minimum absolute atomic E-state index is 0.0177. The molecule has 6 heteroatoms. The van der Waals surface area contributed by atoms with E-state index < -0.39 is 30.3 Å². The molecule has 1 amide bonds. The van der Waals surface area contributed by atoms with Gasteiger partial charge < -0.3 is 14.4 Å². The second kappa shape index (κ2) is 8.56. The van der Waals surface area contributed by atoms with Gasteiger partial charge in [0.15, 0.2) is 0 Å². The molecule has 2 aliphatic heterocycles. The van der Waals surface area contributed by atoms with Gasteiger partial charge in [-0.15, -0.1) is 0 Å². The lowest BCUT2D eigenvalue weighted by molar-refractivity contribution is -0.153. The topological polar surface area (TPSA) is 55.8 Å². The van der Waals surface area contributed by atoms with E-state index >= 15 is 0 Å². The van der Waals surface area contributed by atoms with E-state index in [1.807, 2.05) is 45.0 Å². The van der Waals surface area contributed by atoms with E-state index in [4.69, 9.17) is 9.47 Å². The van der Waals surface area contributed by atoms with Crippen molar-refractivity contribution in [2.45, 2.75) is 63.6 Å². The summed E-state index contributed by atoms with van der Waals surface area (Å²) in [7, 11) is 0. The zero-order valence-electron chi connectivity index (χ0n) is 17.4. The summed E-state index contributed by atoms with van der Waals surface area (Å²) < 4.78 is 23.4. The van der Waals surface area contributed by atoms with Gasteiger partial charge in [0.2, 0.25) is 0 Å². The Morgan fingerprint density at radius 3 is 2.52 bits per heavy atom. The van der Waals surface area contributed by atoms with Crippen LogP contribution in [0.15, 0.2) is 30.8 Å². The van der Waals surface area contributed by atoms with Crippen LogP contribution in [0.5, 0.6) is 0 Å². The molecule has 2 aliphatic rings. The van der Waals surface area contributed by atoms with Gasteiger partial charge in [0.1, 0.15) is 18.9 Å². The number of halogens is 1. The van der Waals surface area contributed by atoms with Crippen LogP contribution in [-0.2, 0) is 14.3 Å². The maximum Gasteiger partial charge on any atom is 0.410 e. The molecule has 2 saturated heterocycles. The number of carbonyl (C=O) groups excluding carboxylic acids is 2. The number of rotatable bonds is 5. The predicted octanol–water partition coefficient (Wildman–Crippen LogP) is 4.71. The first-order valence-electron chi connectivity index (χ1n) is 10.2. The number of benzene rings is 1. The zero-order valence-corrected chi connectivity index (χ0v) is 17.4. The van der Waals surface area contributed by atoms with Gasteiger partial charge in [-0.3, -0.25) is 4.79 Å². The number of fused-ring (bicyclic) bond motifs is 2. The van der Waals surface area contributed by atoms with Crippen molar-refractivity contribution in [1.82, 2.24) is 4.90 Å². The summed E-state index contributed by atoms with van der Waals surface area (Å²) in [5.74, 6) is -1.07. The average molecular weight is 403 g/mol. The van der Waals surface area contributed by atoms with Crippen LogP contribution in [0.1, 0.15) is 57.1 Å². The smallest absolute Gasteiger partial charge is 0.410 e. The maximum absolute atomic E-state index is 12.9. The first-order chi connectivity index (χ1) is 13.7. The molecule has 4 atom stereocenters. The van der Waals surface area contributed by atoms with E-state index in [1.165, 1.54) is 0 Å². The Bertz CT molecular complexity index is 755. The molecule has 3 rings (SSSR count). The Morgan fingerprint density at radius 1 is 1.24 bits per heavy atom. The quantitative estimate of drug-likeness (QED) is 0.668. The summed E-state index contributed by atoms with van der Waals surface area (Å²) in [5.41, 5.74) is 1.41. The van der Waals surface area contributed by atoms with Gasteiger partial charge in [-0.05, 0) is 51.2 Å². The minimum atomic E-state index is -0.722. The van der Waals surface area contributed by atoms with Crippen molar-refractivity contribution in [2.75, 3.05) is 13.3 Å². The van der Waals surface area contributed by atoms with Crippen molar-refractivity contribution in [1.29, 1.82) is 0 Å². The number of ether oxygens (including phenoxy) is 2. The Hall–Kier alpha value is -2.37. The van der Waals surface area contributed by atoms with E-state index in [0.29, 0.717) is 12.8 Å². The van der Waals surface area contributed by atoms with Crippen molar-refractivity contribution in [3.05, 3.63) is 42.0 Å². The molecule has 2 fully saturated rings. The Morgan fingerprint density at radius 2 is 1.93 bits per heavy atom. The highest BCUT2D eigenvalue weighted by atomic mass is 19.1. The van der Waals surface area contributed by atoms with E-state index in [9.17, 15) is 14.0 Å². The Balaban J connectivity index is 1.91. The number of hydrogen-bond donors (Lipinski definition) is 0. The highest BCUT2D eigenvalue weighted by molar-refractivity contribution is 5.78. The average Bonchev–Trinajstić information content (AvgIpc) is 2.98. The highest BCUT2D eigenvalue weighted by Gasteiger charge is 2.53. The van der Waals surface area contributed by atoms with Crippen molar-refractivity contribution in [2.24, 2.45) is 5.92 Å². The van der Waals surface area contributed by atoms with Gasteiger partial charge in [0, 0.05) is 18.0 Å². The third-order valence-electron chi connectivity index (χ3n) is 5.72. The number of alkyl halides is 1. The molecule has 1 aromatic carbocycles. The summed E-state index contributed by atoms with van der Waals surface area (Å²) in [6.45, 7) is 8.27. The monoisotopic (exact) mass is 403 g/mol. The molecule has 0 aliphatic carbocycles. The number of nitrogens with zero attached hydrogens (tertiary/aromatic N) is 1.